The lowest BCUT2D eigenvalue weighted by atomic mass is 10.2. The van der Waals surface area contributed by atoms with Crippen LogP contribution in [0.15, 0.2) is 42.7 Å². The number of piperazine rings is 1. The highest BCUT2D eigenvalue weighted by Crippen LogP contribution is 2.30. The molecule has 29 heavy (non-hydrogen) atoms. The van der Waals surface area contributed by atoms with E-state index in [1.165, 1.54) is 0 Å². The second-order valence-corrected chi connectivity index (χ2v) is 6.71. The number of hydrogen-bond acceptors (Lipinski definition) is 7. The molecule has 0 spiro atoms. The minimum Gasteiger partial charge on any atom is -0.368 e. The van der Waals surface area contributed by atoms with Crippen LogP contribution in [-0.4, -0.2) is 64.1 Å². The van der Waals surface area contributed by atoms with Crippen molar-refractivity contribution in [2.75, 3.05) is 49.5 Å². The van der Waals surface area contributed by atoms with Crippen LogP contribution in [0, 0.1) is 0 Å². The Morgan fingerprint density at radius 2 is 1.66 bits per heavy atom. The van der Waals surface area contributed by atoms with Crippen molar-refractivity contribution in [2.45, 2.75) is 6.18 Å². The van der Waals surface area contributed by atoms with Crippen molar-refractivity contribution >= 4 is 22.7 Å². The molecule has 0 amide bonds. The van der Waals surface area contributed by atoms with E-state index in [4.69, 9.17) is 0 Å². The average Bonchev–Trinajstić information content (AvgIpc) is 2.74. The van der Waals surface area contributed by atoms with Crippen molar-refractivity contribution < 1.29 is 13.2 Å². The van der Waals surface area contributed by atoms with Crippen LogP contribution >= 0.6 is 0 Å². The molecule has 0 saturated carbocycles. The maximum absolute atomic E-state index is 13.1. The van der Waals surface area contributed by atoms with Gasteiger partial charge in [-0.1, -0.05) is 12.1 Å². The highest BCUT2D eigenvalue weighted by molar-refractivity contribution is 5.89. The van der Waals surface area contributed by atoms with Crippen LogP contribution in [0.3, 0.4) is 0 Å². The van der Waals surface area contributed by atoms with E-state index in [0.717, 1.165) is 32.1 Å². The maximum Gasteiger partial charge on any atom is 0.451 e. The zero-order valence-corrected chi connectivity index (χ0v) is 15.6. The molecule has 0 unspecified atom stereocenters. The van der Waals surface area contributed by atoms with Gasteiger partial charge in [-0.15, -0.1) is 0 Å². The largest absolute Gasteiger partial charge is 0.451 e. The quantitative estimate of drug-likeness (QED) is 0.702. The van der Waals surface area contributed by atoms with Crippen molar-refractivity contribution in [1.29, 1.82) is 0 Å². The first kappa shape index (κ1) is 19.3. The van der Waals surface area contributed by atoms with E-state index in [1.54, 1.807) is 42.7 Å². The minimum absolute atomic E-state index is 0.208. The number of fused-ring (bicyclic) bond motifs is 1. The van der Waals surface area contributed by atoms with Crippen molar-refractivity contribution in [1.82, 2.24) is 24.8 Å². The van der Waals surface area contributed by atoms with E-state index < -0.39 is 12.0 Å². The van der Waals surface area contributed by atoms with Crippen molar-refractivity contribution in [3.8, 4) is 0 Å². The van der Waals surface area contributed by atoms with Gasteiger partial charge in [-0.25, -0.2) is 19.9 Å². The lowest BCUT2D eigenvalue weighted by Gasteiger charge is -2.34. The highest BCUT2D eigenvalue weighted by Gasteiger charge is 2.35. The van der Waals surface area contributed by atoms with Gasteiger partial charge in [-0.05, 0) is 18.2 Å². The molecule has 0 bridgehead atoms. The van der Waals surface area contributed by atoms with E-state index in [9.17, 15) is 13.2 Å². The number of benzene rings is 1. The second-order valence-electron chi connectivity index (χ2n) is 6.71. The van der Waals surface area contributed by atoms with Gasteiger partial charge in [0.05, 0.1) is 5.52 Å². The molecular formula is C19H20F3N7. The number of aromatic nitrogens is 4. The Bertz CT molecular complexity index is 957. The van der Waals surface area contributed by atoms with Crippen LogP contribution in [0.25, 0.3) is 10.9 Å². The van der Waals surface area contributed by atoms with Crippen LogP contribution in [-0.2, 0) is 6.18 Å². The molecule has 1 aliphatic heterocycles. The lowest BCUT2D eigenvalue weighted by molar-refractivity contribution is -0.144. The van der Waals surface area contributed by atoms with Gasteiger partial charge in [-0.2, -0.15) is 13.2 Å². The van der Waals surface area contributed by atoms with E-state index in [2.05, 4.69) is 35.1 Å². The van der Waals surface area contributed by atoms with Crippen LogP contribution in [0.2, 0.25) is 0 Å². The predicted octanol–water partition coefficient (Wildman–Crippen LogP) is 2.67. The van der Waals surface area contributed by atoms with Gasteiger partial charge in [0.2, 0.25) is 11.8 Å². The number of para-hydroxylation sites is 1. The number of nitrogens with one attached hydrogen (secondary N) is 1. The summed E-state index contributed by atoms with van der Waals surface area (Å²) in [6, 6.07) is 8.48. The van der Waals surface area contributed by atoms with E-state index in [1.807, 2.05) is 0 Å². The highest BCUT2D eigenvalue weighted by atomic mass is 19.4. The standard InChI is InChI=1S/C19H20F3N7/c20-19(21,22)17-26-15-5-2-1-4-14(15)16(27-17)23-8-9-28-10-12-29(13-11-28)18-24-6-3-7-25-18/h1-7H,8-13H2,(H,23,26,27). The Labute approximate surface area is 165 Å². The molecule has 7 nitrogen and oxygen atoms in total. The number of rotatable bonds is 5. The fraction of sp³-hybridized carbons (Fsp3) is 0.368. The first-order valence-electron chi connectivity index (χ1n) is 9.33. The van der Waals surface area contributed by atoms with Gasteiger partial charge >= 0.3 is 6.18 Å². The third-order valence-corrected chi connectivity index (χ3v) is 4.78. The SMILES string of the molecule is FC(F)(F)c1nc(NCCN2CCN(c3ncccn3)CC2)c2ccccc2n1. The second kappa shape index (κ2) is 8.16. The normalized spacial score (nSPS) is 15.6. The number of alkyl halides is 3. The number of anilines is 2. The van der Waals surface area contributed by atoms with Crippen LogP contribution < -0.4 is 10.2 Å². The third-order valence-electron chi connectivity index (χ3n) is 4.78. The fourth-order valence-electron chi connectivity index (χ4n) is 3.30. The molecule has 3 aromatic rings. The van der Waals surface area contributed by atoms with Gasteiger partial charge in [0.15, 0.2) is 0 Å². The van der Waals surface area contributed by atoms with Crippen LogP contribution in [0.4, 0.5) is 24.9 Å². The fourth-order valence-corrected chi connectivity index (χ4v) is 3.30. The summed E-state index contributed by atoms with van der Waals surface area (Å²) >= 11 is 0. The summed E-state index contributed by atoms with van der Waals surface area (Å²) in [4.78, 5) is 20.3. The third kappa shape index (κ3) is 4.53. The Morgan fingerprint density at radius 3 is 2.38 bits per heavy atom. The van der Waals surface area contributed by atoms with Gasteiger partial charge in [-0.3, -0.25) is 4.90 Å². The summed E-state index contributed by atoms with van der Waals surface area (Å²) in [5.74, 6) is -0.202. The smallest absolute Gasteiger partial charge is 0.368 e. The van der Waals surface area contributed by atoms with Gasteiger partial charge in [0, 0.05) is 57.0 Å². The summed E-state index contributed by atoms with van der Waals surface area (Å²) in [6.07, 6.45) is -1.14. The molecular weight excluding hydrogens is 383 g/mol. The van der Waals surface area contributed by atoms with Crippen LogP contribution in [0.1, 0.15) is 5.82 Å². The van der Waals surface area contributed by atoms with Crippen molar-refractivity contribution in [3.63, 3.8) is 0 Å². The Hall–Kier alpha value is -3.01. The van der Waals surface area contributed by atoms with E-state index in [-0.39, 0.29) is 11.3 Å². The number of halogens is 3. The van der Waals surface area contributed by atoms with Crippen LogP contribution in [0.5, 0.6) is 0 Å². The lowest BCUT2D eigenvalue weighted by Crippen LogP contribution is -2.48. The van der Waals surface area contributed by atoms with Gasteiger partial charge in [0.25, 0.3) is 0 Å². The summed E-state index contributed by atoms with van der Waals surface area (Å²) in [5, 5.41) is 3.63. The summed E-state index contributed by atoms with van der Waals surface area (Å²) in [6.45, 7) is 4.46. The Morgan fingerprint density at radius 1 is 0.931 bits per heavy atom. The monoisotopic (exact) mass is 403 g/mol. The molecule has 0 radical (unpaired) electrons. The summed E-state index contributed by atoms with van der Waals surface area (Å²) in [7, 11) is 0. The maximum atomic E-state index is 13.1. The van der Waals surface area contributed by atoms with Gasteiger partial charge in [0.1, 0.15) is 5.82 Å². The molecule has 4 rings (SSSR count). The average molecular weight is 403 g/mol. The Kier molecular flexibility index (Phi) is 5.43. The first-order valence-corrected chi connectivity index (χ1v) is 9.33. The molecule has 1 aliphatic rings. The van der Waals surface area contributed by atoms with E-state index >= 15 is 0 Å². The number of nitrogens with zero attached hydrogens (tertiary/aromatic N) is 6. The molecule has 1 saturated heterocycles. The molecule has 1 N–H and O–H groups in total. The van der Waals surface area contributed by atoms with Gasteiger partial charge < -0.3 is 10.2 Å². The zero-order chi connectivity index (χ0) is 20.3. The molecule has 2 aromatic heterocycles. The zero-order valence-electron chi connectivity index (χ0n) is 15.6. The van der Waals surface area contributed by atoms with Crippen molar-refractivity contribution in [3.05, 3.63) is 48.5 Å². The minimum atomic E-state index is -4.59. The molecule has 1 aromatic carbocycles. The summed E-state index contributed by atoms with van der Waals surface area (Å²) < 4.78 is 39.3. The Balaban J connectivity index is 1.37. The molecule has 152 valence electrons. The summed E-state index contributed by atoms with van der Waals surface area (Å²) in [5.41, 5.74) is 0.272. The molecule has 0 aliphatic carbocycles. The molecule has 0 atom stereocenters. The predicted molar refractivity (Wildman–Crippen MR) is 104 cm³/mol. The van der Waals surface area contributed by atoms with E-state index in [0.29, 0.717) is 18.5 Å². The number of hydrogen-bond donors (Lipinski definition) is 1. The van der Waals surface area contributed by atoms with Crippen molar-refractivity contribution in [2.24, 2.45) is 0 Å². The first-order chi connectivity index (χ1) is 14.0. The molecule has 10 heteroatoms. The molecule has 3 heterocycles. The molecule has 1 fully saturated rings. The topological polar surface area (TPSA) is 70.1 Å².